The van der Waals surface area contributed by atoms with Crippen LogP contribution in [0.25, 0.3) is 11.3 Å². The van der Waals surface area contributed by atoms with Gasteiger partial charge in [0.15, 0.2) is 0 Å². The zero-order valence-electron chi connectivity index (χ0n) is 7.11. The highest BCUT2D eigenvalue weighted by atomic mass is 19.1. The summed E-state index contributed by atoms with van der Waals surface area (Å²) in [5.74, 6) is -1.07. The lowest BCUT2D eigenvalue weighted by molar-refractivity contribution is 0.563. The second-order valence-electron chi connectivity index (χ2n) is 2.72. The van der Waals surface area contributed by atoms with E-state index in [4.69, 9.17) is 0 Å². The van der Waals surface area contributed by atoms with Crippen LogP contribution in [0.5, 0.6) is 0 Å². The minimum Gasteiger partial charge on any atom is -0.206 e. The lowest BCUT2D eigenvalue weighted by atomic mass is 10.1. The molecule has 0 fully saturated rings. The van der Waals surface area contributed by atoms with Crippen molar-refractivity contribution in [3.63, 3.8) is 0 Å². The molecule has 4 heteroatoms. The number of aromatic nitrogens is 2. The molecule has 0 amide bonds. The molecule has 0 spiro atoms. The maximum atomic E-state index is 13.2. The molecule has 2 aromatic rings. The van der Waals surface area contributed by atoms with Crippen molar-refractivity contribution in [3.05, 3.63) is 48.2 Å². The Kier molecular flexibility index (Phi) is 2.18. The third kappa shape index (κ3) is 1.59. The first-order chi connectivity index (χ1) is 6.77. The summed E-state index contributed by atoms with van der Waals surface area (Å²) < 4.78 is 25.6. The summed E-state index contributed by atoms with van der Waals surface area (Å²) in [6.45, 7) is 0. The second-order valence-corrected chi connectivity index (χ2v) is 2.72. The van der Waals surface area contributed by atoms with Crippen molar-refractivity contribution in [2.75, 3.05) is 0 Å². The van der Waals surface area contributed by atoms with E-state index in [0.717, 1.165) is 6.07 Å². The minimum absolute atomic E-state index is 0.319. The van der Waals surface area contributed by atoms with Crippen LogP contribution in [0, 0.1) is 11.8 Å². The summed E-state index contributed by atoms with van der Waals surface area (Å²) in [5.41, 5.74) is 0.643. The molecule has 0 bridgehead atoms. The Bertz CT molecular complexity index is 440. The normalized spacial score (nSPS) is 10.1. The van der Waals surface area contributed by atoms with Gasteiger partial charge in [-0.15, -0.1) is 10.2 Å². The van der Waals surface area contributed by atoms with Crippen LogP contribution in [-0.4, -0.2) is 10.2 Å². The minimum atomic E-state index is -0.676. The van der Waals surface area contributed by atoms with Crippen molar-refractivity contribution < 1.29 is 8.78 Å². The van der Waals surface area contributed by atoms with Crippen LogP contribution in [0.1, 0.15) is 0 Å². The number of hydrogen-bond acceptors (Lipinski definition) is 2. The first kappa shape index (κ1) is 8.74. The van der Waals surface area contributed by atoms with Gasteiger partial charge in [0, 0.05) is 5.56 Å². The Morgan fingerprint density at radius 2 is 1.64 bits per heavy atom. The van der Waals surface area contributed by atoms with Gasteiger partial charge in [-0.05, 0) is 24.3 Å². The van der Waals surface area contributed by atoms with Gasteiger partial charge in [-0.25, -0.2) is 4.39 Å². The van der Waals surface area contributed by atoms with Crippen LogP contribution in [0.4, 0.5) is 8.78 Å². The zero-order valence-corrected chi connectivity index (χ0v) is 7.11. The average Bonchev–Trinajstić information content (AvgIpc) is 2.20. The molecule has 1 heterocycles. The highest BCUT2D eigenvalue weighted by molar-refractivity contribution is 5.58. The van der Waals surface area contributed by atoms with E-state index < -0.39 is 11.8 Å². The number of rotatable bonds is 1. The maximum Gasteiger partial charge on any atom is 0.233 e. The van der Waals surface area contributed by atoms with E-state index in [1.807, 2.05) is 0 Å². The first-order valence-corrected chi connectivity index (χ1v) is 4.01. The van der Waals surface area contributed by atoms with Gasteiger partial charge < -0.3 is 0 Å². The molecule has 0 unspecified atom stereocenters. The molecular weight excluding hydrogens is 186 g/mol. The smallest absolute Gasteiger partial charge is 0.206 e. The molecular formula is C10H6F2N2. The summed E-state index contributed by atoms with van der Waals surface area (Å²) >= 11 is 0. The quantitative estimate of drug-likeness (QED) is 0.693. The SMILES string of the molecule is Fc1ccc(-c2ccccc2F)nn1. The summed E-state index contributed by atoms with van der Waals surface area (Å²) in [4.78, 5) is 0. The van der Waals surface area contributed by atoms with E-state index in [2.05, 4.69) is 10.2 Å². The van der Waals surface area contributed by atoms with Crippen LogP contribution >= 0.6 is 0 Å². The molecule has 1 aromatic carbocycles. The van der Waals surface area contributed by atoms with Gasteiger partial charge in [0.05, 0.1) is 5.69 Å². The number of benzene rings is 1. The molecule has 70 valence electrons. The lowest BCUT2D eigenvalue weighted by Gasteiger charge is -1.99. The molecule has 2 nitrogen and oxygen atoms in total. The van der Waals surface area contributed by atoms with Crippen molar-refractivity contribution in [1.82, 2.24) is 10.2 Å². The highest BCUT2D eigenvalue weighted by Gasteiger charge is 2.05. The van der Waals surface area contributed by atoms with E-state index in [-0.39, 0.29) is 0 Å². The van der Waals surface area contributed by atoms with Gasteiger partial charge in [0.1, 0.15) is 5.82 Å². The Morgan fingerprint density at radius 1 is 0.857 bits per heavy atom. The van der Waals surface area contributed by atoms with Crippen LogP contribution in [0.3, 0.4) is 0 Å². The fourth-order valence-electron chi connectivity index (χ4n) is 1.13. The van der Waals surface area contributed by atoms with Gasteiger partial charge in [-0.1, -0.05) is 12.1 Å². The van der Waals surface area contributed by atoms with E-state index in [9.17, 15) is 8.78 Å². The largest absolute Gasteiger partial charge is 0.233 e. The van der Waals surface area contributed by atoms with Crippen molar-refractivity contribution in [2.24, 2.45) is 0 Å². The zero-order chi connectivity index (χ0) is 9.97. The molecule has 2 rings (SSSR count). The van der Waals surface area contributed by atoms with Crippen LogP contribution in [-0.2, 0) is 0 Å². The van der Waals surface area contributed by atoms with Crippen molar-refractivity contribution in [2.45, 2.75) is 0 Å². The Hall–Kier alpha value is -1.84. The number of nitrogens with zero attached hydrogens (tertiary/aromatic N) is 2. The van der Waals surface area contributed by atoms with Gasteiger partial charge >= 0.3 is 0 Å². The molecule has 14 heavy (non-hydrogen) atoms. The van der Waals surface area contributed by atoms with Crippen molar-refractivity contribution >= 4 is 0 Å². The average molecular weight is 192 g/mol. The van der Waals surface area contributed by atoms with E-state index in [0.29, 0.717) is 11.3 Å². The fraction of sp³-hybridized carbons (Fsp3) is 0. The Balaban J connectivity index is 2.50. The summed E-state index contributed by atoms with van der Waals surface area (Å²) in [5, 5.41) is 6.76. The highest BCUT2D eigenvalue weighted by Crippen LogP contribution is 2.18. The predicted molar refractivity (Wildman–Crippen MR) is 47.4 cm³/mol. The molecule has 0 aliphatic heterocycles. The number of hydrogen-bond donors (Lipinski definition) is 0. The van der Waals surface area contributed by atoms with Gasteiger partial charge in [-0.3, -0.25) is 0 Å². The molecule has 1 aromatic heterocycles. The summed E-state index contributed by atoms with van der Waals surface area (Å²) in [7, 11) is 0. The van der Waals surface area contributed by atoms with Crippen molar-refractivity contribution in [3.8, 4) is 11.3 Å². The van der Waals surface area contributed by atoms with E-state index in [1.54, 1.807) is 18.2 Å². The molecule has 0 saturated carbocycles. The Labute approximate surface area is 79.2 Å². The van der Waals surface area contributed by atoms with E-state index in [1.165, 1.54) is 12.1 Å². The summed E-state index contributed by atoms with van der Waals surface area (Å²) in [6.07, 6.45) is 0. The Morgan fingerprint density at radius 3 is 2.29 bits per heavy atom. The fourth-order valence-corrected chi connectivity index (χ4v) is 1.13. The van der Waals surface area contributed by atoms with Gasteiger partial charge in [0.2, 0.25) is 5.95 Å². The molecule has 0 radical (unpaired) electrons. The maximum absolute atomic E-state index is 13.2. The topological polar surface area (TPSA) is 25.8 Å². The van der Waals surface area contributed by atoms with Crippen molar-refractivity contribution in [1.29, 1.82) is 0 Å². The predicted octanol–water partition coefficient (Wildman–Crippen LogP) is 2.42. The molecule has 0 saturated heterocycles. The molecule has 0 aliphatic carbocycles. The van der Waals surface area contributed by atoms with Gasteiger partial charge in [0.25, 0.3) is 0 Å². The van der Waals surface area contributed by atoms with Crippen LogP contribution in [0.2, 0.25) is 0 Å². The standard InChI is InChI=1S/C10H6F2N2/c11-8-4-2-1-3-7(8)9-5-6-10(12)14-13-9/h1-6H. The third-order valence-corrected chi connectivity index (χ3v) is 1.78. The molecule has 0 N–H and O–H groups in total. The number of halogens is 2. The van der Waals surface area contributed by atoms with E-state index >= 15 is 0 Å². The third-order valence-electron chi connectivity index (χ3n) is 1.78. The lowest BCUT2D eigenvalue weighted by Crippen LogP contribution is -1.92. The van der Waals surface area contributed by atoms with Gasteiger partial charge in [-0.2, -0.15) is 4.39 Å². The molecule has 0 aliphatic rings. The second kappa shape index (κ2) is 3.49. The summed E-state index contributed by atoms with van der Waals surface area (Å²) in [6, 6.07) is 8.69. The van der Waals surface area contributed by atoms with Crippen LogP contribution < -0.4 is 0 Å². The monoisotopic (exact) mass is 192 g/mol. The molecule has 0 atom stereocenters. The van der Waals surface area contributed by atoms with Crippen LogP contribution in [0.15, 0.2) is 36.4 Å². The first-order valence-electron chi connectivity index (χ1n) is 4.01.